The van der Waals surface area contributed by atoms with Gasteiger partial charge in [0.25, 0.3) is 0 Å². The lowest BCUT2D eigenvalue weighted by molar-refractivity contribution is 0.170. The molecular formula is C10H16N2O2. The fourth-order valence-corrected chi connectivity index (χ4v) is 1.16. The number of hydrogen-bond donors (Lipinski definition) is 3. The minimum atomic E-state index is -0.254. The molecule has 3 N–H and O–H groups in total. The zero-order valence-electron chi connectivity index (χ0n) is 8.27. The van der Waals surface area contributed by atoms with E-state index in [1.165, 1.54) is 0 Å². The fourth-order valence-electron chi connectivity index (χ4n) is 1.16. The predicted molar refractivity (Wildman–Crippen MR) is 53.8 cm³/mol. The standard InChI is InChI=1S/C10H16N2O2/c1-8-2-9(4-11-3-8)5-12-10(6-13)7-14/h2-4,10,12-14H,5-7H2,1H3. The average molecular weight is 196 g/mol. The maximum atomic E-state index is 8.82. The molecule has 1 aromatic heterocycles. The van der Waals surface area contributed by atoms with Gasteiger partial charge in [0, 0.05) is 18.9 Å². The van der Waals surface area contributed by atoms with Crippen molar-refractivity contribution in [2.24, 2.45) is 0 Å². The molecule has 0 saturated carbocycles. The fraction of sp³-hybridized carbons (Fsp3) is 0.500. The SMILES string of the molecule is Cc1cncc(CNC(CO)CO)c1. The van der Waals surface area contributed by atoms with Crippen LogP contribution in [-0.4, -0.2) is 34.5 Å². The van der Waals surface area contributed by atoms with E-state index in [2.05, 4.69) is 10.3 Å². The van der Waals surface area contributed by atoms with E-state index in [9.17, 15) is 0 Å². The van der Waals surface area contributed by atoms with Crippen LogP contribution in [0.3, 0.4) is 0 Å². The topological polar surface area (TPSA) is 65.4 Å². The number of aromatic nitrogens is 1. The lowest BCUT2D eigenvalue weighted by atomic mass is 10.2. The first-order valence-corrected chi connectivity index (χ1v) is 4.62. The molecule has 0 aliphatic carbocycles. The zero-order chi connectivity index (χ0) is 10.4. The molecule has 0 aliphatic rings. The number of hydrogen-bond acceptors (Lipinski definition) is 4. The summed E-state index contributed by atoms with van der Waals surface area (Å²) in [6.07, 6.45) is 3.56. The van der Waals surface area contributed by atoms with E-state index >= 15 is 0 Å². The molecule has 0 saturated heterocycles. The molecule has 78 valence electrons. The van der Waals surface area contributed by atoms with Crippen molar-refractivity contribution in [3.63, 3.8) is 0 Å². The summed E-state index contributed by atoms with van der Waals surface area (Å²) in [5.41, 5.74) is 2.16. The highest BCUT2D eigenvalue weighted by Gasteiger charge is 2.04. The number of aliphatic hydroxyl groups is 2. The van der Waals surface area contributed by atoms with Crippen LogP contribution in [0, 0.1) is 6.92 Å². The molecule has 4 heteroatoms. The number of pyridine rings is 1. The van der Waals surface area contributed by atoms with Crippen molar-refractivity contribution in [3.8, 4) is 0 Å². The van der Waals surface area contributed by atoms with Gasteiger partial charge in [-0.15, -0.1) is 0 Å². The number of nitrogens with one attached hydrogen (secondary N) is 1. The summed E-state index contributed by atoms with van der Waals surface area (Å²) in [5.74, 6) is 0. The van der Waals surface area contributed by atoms with Crippen molar-refractivity contribution < 1.29 is 10.2 Å². The smallest absolute Gasteiger partial charge is 0.0607 e. The van der Waals surface area contributed by atoms with E-state index < -0.39 is 0 Å². The van der Waals surface area contributed by atoms with Gasteiger partial charge < -0.3 is 15.5 Å². The molecule has 1 rings (SSSR count). The molecule has 1 aromatic rings. The lowest BCUT2D eigenvalue weighted by Crippen LogP contribution is -2.35. The van der Waals surface area contributed by atoms with E-state index in [1.54, 1.807) is 12.4 Å². The van der Waals surface area contributed by atoms with Crippen molar-refractivity contribution in [3.05, 3.63) is 29.6 Å². The molecular weight excluding hydrogens is 180 g/mol. The molecule has 0 atom stereocenters. The van der Waals surface area contributed by atoms with Crippen molar-refractivity contribution in [2.45, 2.75) is 19.5 Å². The van der Waals surface area contributed by atoms with Gasteiger partial charge in [0.2, 0.25) is 0 Å². The van der Waals surface area contributed by atoms with Gasteiger partial charge in [-0.2, -0.15) is 0 Å². The van der Waals surface area contributed by atoms with E-state index in [0.717, 1.165) is 11.1 Å². The highest BCUT2D eigenvalue weighted by molar-refractivity contribution is 5.16. The Hall–Kier alpha value is -0.970. The summed E-state index contributed by atoms with van der Waals surface area (Å²) >= 11 is 0. The van der Waals surface area contributed by atoms with Gasteiger partial charge in [-0.25, -0.2) is 0 Å². The first kappa shape index (κ1) is 11.1. The third kappa shape index (κ3) is 3.41. The van der Waals surface area contributed by atoms with Crippen LogP contribution in [0.1, 0.15) is 11.1 Å². The Kier molecular flexibility index (Phi) is 4.52. The number of nitrogens with zero attached hydrogens (tertiary/aromatic N) is 1. The van der Waals surface area contributed by atoms with Crippen LogP contribution in [0.5, 0.6) is 0 Å². The van der Waals surface area contributed by atoms with Gasteiger partial charge in [-0.05, 0) is 18.1 Å². The third-order valence-corrected chi connectivity index (χ3v) is 1.97. The Morgan fingerprint density at radius 1 is 1.36 bits per heavy atom. The molecule has 0 aliphatic heterocycles. The highest BCUT2D eigenvalue weighted by atomic mass is 16.3. The Labute approximate surface area is 83.6 Å². The maximum absolute atomic E-state index is 8.82. The molecule has 0 aromatic carbocycles. The average Bonchev–Trinajstić information content (AvgIpc) is 2.19. The minimum absolute atomic E-state index is 0.0598. The Balaban J connectivity index is 2.44. The van der Waals surface area contributed by atoms with Crippen LogP contribution in [0.25, 0.3) is 0 Å². The van der Waals surface area contributed by atoms with Crippen LogP contribution in [0.4, 0.5) is 0 Å². The predicted octanol–water partition coefficient (Wildman–Crippen LogP) is -0.167. The zero-order valence-corrected chi connectivity index (χ0v) is 8.27. The summed E-state index contributed by atoms with van der Waals surface area (Å²) in [6.45, 7) is 2.47. The van der Waals surface area contributed by atoms with Crippen molar-refractivity contribution in [2.75, 3.05) is 13.2 Å². The second-order valence-electron chi connectivity index (χ2n) is 3.31. The maximum Gasteiger partial charge on any atom is 0.0607 e. The molecule has 0 unspecified atom stereocenters. The molecule has 14 heavy (non-hydrogen) atoms. The molecule has 0 fully saturated rings. The van der Waals surface area contributed by atoms with Gasteiger partial charge in [0.1, 0.15) is 0 Å². The van der Waals surface area contributed by atoms with Crippen LogP contribution < -0.4 is 5.32 Å². The molecule has 4 nitrogen and oxygen atoms in total. The number of rotatable bonds is 5. The van der Waals surface area contributed by atoms with E-state index in [1.807, 2.05) is 13.0 Å². The molecule has 0 bridgehead atoms. The molecule has 0 amide bonds. The van der Waals surface area contributed by atoms with Gasteiger partial charge in [0.15, 0.2) is 0 Å². The van der Waals surface area contributed by atoms with Gasteiger partial charge in [0.05, 0.1) is 19.3 Å². The molecule has 1 heterocycles. The number of aliphatic hydroxyl groups excluding tert-OH is 2. The van der Waals surface area contributed by atoms with Gasteiger partial charge >= 0.3 is 0 Å². The Morgan fingerprint density at radius 3 is 2.64 bits per heavy atom. The van der Waals surface area contributed by atoms with E-state index in [-0.39, 0.29) is 19.3 Å². The Bertz CT molecular complexity index is 275. The first-order valence-electron chi connectivity index (χ1n) is 4.62. The van der Waals surface area contributed by atoms with Gasteiger partial charge in [-0.1, -0.05) is 6.07 Å². The van der Waals surface area contributed by atoms with Gasteiger partial charge in [-0.3, -0.25) is 4.98 Å². The molecule has 0 spiro atoms. The largest absolute Gasteiger partial charge is 0.395 e. The summed E-state index contributed by atoms with van der Waals surface area (Å²) in [6, 6.07) is 1.77. The quantitative estimate of drug-likeness (QED) is 0.612. The second-order valence-corrected chi connectivity index (χ2v) is 3.31. The van der Waals surface area contributed by atoms with Crippen molar-refractivity contribution >= 4 is 0 Å². The first-order chi connectivity index (χ1) is 6.76. The highest BCUT2D eigenvalue weighted by Crippen LogP contribution is 2.00. The second kappa shape index (κ2) is 5.70. The molecule has 0 radical (unpaired) electrons. The van der Waals surface area contributed by atoms with Crippen molar-refractivity contribution in [1.29, 1.82) is 0 Å². The van der Waals surface area contributed by atoms with Crippen LogP contribution >= 0.6 is 0 Å². The van der Waals surface area contributed by atoms with Crippen LogP contribution in [-0.2, 0) is 6.54 Å². The summed E-state index contributed by atoms with van der Waals surface area (Å²) in [5, 5.41) is 20.7. The van der Waals surface area contributed by atoms with Crippen LogP contribution in [0.15, 0.2) is 18.5 Å². The van der Waals surface area contributed by atoms with E-state index in [4.69, 9.17) is 10.2 Å². The third-order valence-electron chi connectivity index (χ3n) is 1.97. The summed E-state index contributed by atoms with van der Waals surface area (Å²) in [4.78, 5) is 4.05. The number of aryl methyl sites for hydroxylation is 1. The Morgan fingerprint density at radius 2 is 2.07 bits per heavy atom. The monoisotopic (exact) mass is 196 g/mol. The normalized spacial score (nSPS) is 10.9. The summed E-state index contributed by atoms with van der Waals surface area (Å²) < 4.78 is 0. The lowest BCUT2D eigenvalue weighted by Gasteiger charge is -2.12. The van der Waals surface area contributed by atoms with Crippen molar-refractivity contribution in [1.82, 2.24) is 10.3 Å². The van der Waals surface area contributed by atoms with Crippen LogP contribution in [0.2, 0.25) is 0 Å². The minimum Gasteiger partial charge on any atom is -0.395 e. The summed E-state index contributed by atoms with van der Waals surface area (Å²) in [7, 11) is 0. The van der Waals surface area contributed by atoms with E-state index in [0.29, 0.717) is 6.54 Å².